The minimum Gasteiger partial charge on any atom is -0.308 e. The summed E-state index contributed by atoms with van der Waals surface area (Å²) >= 11 is 0. The quantitative estimate of drug-likeness (QED) is 0.591. The first kappa shape index (κ1) is 15.2. The van der Waals surface area contributed by atoms with Crippen LogP contribution in [0.2, 0.25) is 0 Å². The van der Waals surface area contributed by atoms with Crippen molar-refractivity contribution in [1.29, 1.82) is 0 Å². The van der Waals surface area contributed by atoms with E-state index in [0.717, 1.165) is 38.8 Å². The normalized spacial score (nSPS) is 19.0. The molecule has 92 valence electrons. The smallest absolute Gasteiger partial charge is 0.300 e. The van der Waals surface area contributed by atoms with E-state index in [1.807, 2.05) is 0 Å². The highest BCUT2D eigenvalue weighted by atomic mass is 35.5. The number of carbonyl (C=O) groups excluding carboxylic acids is 1. The highest BCUT2D eigenvalue weighted by molar-refractivity contribution is 5.85. The van der Waals surface area contributed by atoms with Gasteiger partial charge in [0.05, 0.1) is 6.54 Å². The molecule has 1 atom stereocenters. The zero-order valence-electron chi connectivity index (χ0n) is 9.74. The molecule has 1 amide bonds. The summed E-state index contributed by atoms with van der Waals surface area (Å²) in [6.07, 6.45) is 3.83. The lowest BCUT2D eigenvalue weighted by Gasteiger charge is -2.16. The van der Waals surface area contributed by atoms with Gasteiger partial charge < -0.3 is 5.32 Å². The third-order valence-electron chi connectivity index (χ3n) is 2.67. The van der Waals surface area contributed by atoms with Gasteiger partial charge in [0, 0.05) is 13.0 Å². The van der Waals surface area contributed by atoms with E-state index in [2.05, 4.69) is 17.1 Å². The largest absolute Gasteiger partial charge is 0.308 e. The Bertz CT molecular complexity index is 252. The molecule has 0 bridgehead atoms. The van der Waals surface area contributed by atoms with Gasteiger partial charge in [0.15, 0.2) is 0 Å². The fourth-order valence-electron chi connectivity index (χ4n) is 1.77. The molecule has 5 heteroatoms. The van der Waals surface area contributed by atoms with Gasteiger partial charge in [-0.2, -0.15) is 0 Å². The Balaban J connectivity index is 0.00000225. The van der Waals surface area contributed by atoms with Crippen LogP contribution in [-0.4, -0.2) is 36.6 Å². The second-order valence-electron chi connectivity index (χ2n) is 3.87. The summed E-state index contributed by atoms with van der Waals surface area (Å²) in [4.78, 5) is 16.9. The molecule has 4 nitrogen and oxygen atoms in total. The summed E-state index contributed by atoms with van der Waals surface area (Å²) in [6, 6.07) is 0. The van der Waals surface area contributed by atoms with Crippen LogP contribution in [0, 0.1) is 6.57 Å². The number of halogens is 1. The van der Waals surface area contributed by atoms with Gasteiger partial charge >= 0.3 is 6.17 Å². The van der Waals surface area contributed by atoms with Crippen LogP contribution in [0.1, 0.15) is 32.6 Å². The summed E-state index contributed by atoms with van der Waals surface area (Å²) in [6.45, 7) is 11.1. The molecule has 0 spiro atoms. The van der Waals surface area contributed by atoms with Crippen molar-refractivity contribution >= 4 is 18.3 Å². The Morgan fingerprint density at radius 3 is 3.00 bits per heavy atom. The zero-order chi connectivity index (χ0) is 11.1. The highest BCUT2D eigenvalue weighted by Gasteiger charge is 2.32. The van der Waals surface area contributed by atoms with E-state index in [-0.39, 0.29) is 24.5 Å². The minimum absolute atomic E-state index is 0. The molecule has 1 fully saturated rings. The van der Waals surface area contributed by atoms with Crippen molar-refractivity contribution < 1.29 is 4.79 Å². The van der Waals surface area contributed by atoms with E-state index in [1.54, 1.807) is 4.90 Å². The Morgan fingerprint density at radius 2 is 2.38 bits per heavy atom. The van der Waals surface area contributed by atoms with Crippen molar-refractivity contribution in [1.82, 2.24) is 10.2 Å². The summed E-state index contributed by atoms with van der Waals surface area (Å²) in [5.74, 6) is 0.0737. The molecular weight excluding hydrogens is 226 g/mol. The summed E-state index contributed by atoms with van der Waals surface area (Å²) < 4.78 is 0. The maximum atomic E-state index is 11.7. The van der Waals surface area contributed by atoms with Gasteiger partial charge in [-0.1, -0.05) is 13.3 Å². The lowest BCUT2D eigenvalue weighted by atomic mass is 10.3. The lowest BCUT2D eigenvalue weighted by Crippen LogP contribution is -2.40. The second kappa shape index (κ2) is 8.37. The molecule has 1 aliphatic heterocycles. The number of unbranched alkanes of at least 4 members (excludes halogenated alkanes) is 1. The molecular formula is C11H20ClN3O. The molecule has 1 saturated heterocycles. The van der Waals surface area contributed by atoms with Crippen molar-refractivity contribution in [3.05, 3.63) is 11.4 Å². The van der Waals surface area contributed by atoms with E-state index >= 15 is 0 Å². The molecule has 1 rings (SSSR count). The summed E-state index contributed by atoms with van der Waals surface area (Å²) in [5, 5.41) is 3.11. The summed E-state index contributed by atoms with van der Waals surface area (Å²) in [7, 11) is 0. The van der Waals surface area contributed by atoms with Crippen LogP contribution < -0.4 is 5.32 Å². The number of nitrogens with one attached hydrogen (secondary N) is 1. The fourth-order valence-corrected chi connectivity index (χ4v) is 1.77. The molecule has 1 aliphatic rings. The third kappa shape index (κ3) is 4.38. The Labute approximate surface area is 104 Å². The Hall–Kier alpha value is -0.790. The van der Waals surface area contributed by atoms with Crippen molar-refractivity contribution in [3.8, 4) is 0 Å². The molecule has 0 saturated carbocycles. The van der Waals surface area contributed by atoms with Crippen LogP contribution >= 0.6 is 12.4 Å². The summed E-state index contributed by atoms with van der Waals surface area (Å²) in [5.41, 5.74) is 0. The number of amides is 1. The number of likely N-dealkylation sites (tertiary alicyclic amines) is 1. The number of hydrogen-bond donors (Lipinski definition) is 1. The van der Waals surface area contributed by atoms with Crippen molar-refractivity contribution in [2.45, 2.75) is 38.8 Å². The molecule has 1 heterocycles. The molecule has 0 radical (unpaired) electrons. The fraction of sp³-hybridized carbons (Fsp3) is 0.818. The van der Waals surface area contributed by atoms with E-state index in [1.165, 1.54) is 0 Å². The number of nitrogens with zero attached hydrogens (tertiary/aromatic N) is 2. The lowest BCUT2D eigenvalue weighted by molar-refractivity contribution is -0.130. The maximum absolute atomic E-state index is 11.7. The van der Waals surface area contributed by atoms with Gasteiger partial charge in [-0.05, 0) is 19.4 Å². The second-order valence-corrected chi connectivity index (χ2v) is 3.87. The van der Waals surface area contributed by atoms with Crippen LogP contribution in [0.15, 0.2) is 0 Å². The molecule has 0 aromatic rings. The molecule has 0 aliphatic carbocycles. The standard InChI is InChI=1S/C11H19N3O.ClH/c1-3-4-7-13-9-11(15)14-8-5-6-10(14)12-2;/h10,13H,3-9H2,1H3;1H/t10-;/m0./s1. The Kier molecular flexibility index (Phi) is 7.96. The molecule has 0 unspecified atom stereocenters. The highest BCUT2D eigenvalue weighted by Crippen LogP contribution is 2.17. The van der Waals surface area contributed by atoms with Crippen molar-refractivity contribution in [2.75, 3.05) is 19.6 Å². The molecule has 0 aromatic heterocycles. The maximum Gasteiger partial charge on any atom is 0.300 e. The van der Waals surface area contributed by atoms with Crippen molar-refractivity contribution in [2.24, 2.45) is 0 Å². The van der Waals surface area contributed by atoms with Crippen LogP contribution in [0.5, 0.6) is 0 Å². The van der Waals surface area contributed by atoms with Gasteiger partial charge in [-0.3, -0.25) is 14.5 Å². The van der Waals surface area contributed by atoms with Gasteiger partial charge in [-0.25, -0.2) is 6.57 Å². The van der Waals surface area contributed by atoms with Crippen LogP contribution in [-0.2, 0) is 4.79 Å². The third-order valence-corrected chi connectivity index (χ3v) is 2.67. The molecule has 0 aromatic carbocycles. The van der Waals surface area contributed by atoms with E-state index in [4.69, 9.17) is 6.57 Å². The van der Waals surface area contributed by atoms with E-state index in [9.17, 15) is 4.79 Å². The number of rotatable bonds is 5. The first-order valence-corrected chi connectivity index (χ1v) is 5.66. The van der Waals surface area contributed by atoms with Gasteiger partial charge in [0.25, 0.3) is 0 Å². The van der Waals surface area contributed by atoms with Crippen LogP contribution in [0.25, 0.3) is 4.85 Å². The van der Waals surface area contributed by atoms with E-state index < -0.39 is 0 Å². The average molecular weight is 246 g/mol. The minimum atomic E-state index is -0.203. The van der Waals surface area contributed by atoms with Crippen molar-refractivity contribution in [3.63, 3.8) is 0 Å². The van der Waals surface area contributed by atoms with Gasteiger partial charge in [0.1, 0.15) is 0 Å². The topological polar surface area (TPSA) is 36.7 Å². The predicted molar refractivity (Wildman–Crippen MR) is 66.4 cm³/mol. The van der Waals surface area contributed by atoms with Gasteiger partial charge in [0.2, 0.25) is 5.91 Å². The molecule has 16 heavy (non-hydrogen) atoms. The van der Waals surface area contributed by atoms with Crippen LogP contribution in [0.3, 0.4) is 0 Å². The first-order chi connectivity index (χ1) is 7.29. The number of carbonyl (C=O) groups is 1. The first-order valence-electron chi connectivity index (χ1n) is 5.66. The zero-order valence-corrected chi connectivity index (χ0v) is 10.6. The van der Waals surface area contributed by atoms with Crippen LogP contribution in [0.4, 0.5) is 0 Å². The Morgan fingerprint density at radius 1 is 1.62 bits per heavy atom. The monoisotopic (exact) mass is 245 g/mol. The van der Waals surface area contributed by atoms with E-state index in [0.29, 0.717) is 6.54 Å². The SMILES string of the molecule is Cl.[C-]#[N+][C@@H]1CCCN1C(=O)CNCCCC. The van der Waals surface area contributed by atoms with Gasteiger partial charge in [-0.15, -0.1) is 12.4 Å². The molecule has 1 N–H and O–H groups in total. The average Bonchev–Trinajstić information content (AvgIpc) is 2.72. The predicted octanol–water partition coefficient (Wildman–Crippen LogP) is 1.67. The number of hydrogen-bond acceptors (Lipinski definition) is 2.